The van der Waals surface area contributed by atoms with Gasteiger partial charge in [-0.15, -0.1) is 11.8 Å². The number of hydrogen-bond donors (Lipinski definition) is 0. The van der Waals surface area contributed by atoms with Crippen LogP contribution in [0.3, 0.4) is 0 Å². The van der Waals surface area contributed by atoms with Gasteiger partial charge in [0.2, 0.25) is 5.91 Å². The Balaban J connectivity index is 2.22. The van der Waals surface area contributed by atoms with E-state index in [-0.39, 0.29) is 26.9 Å². The lowest BCUT2D eigenvalue weighted by atomic mass is 9.98. The van der Waals surface area contributed by atoms with Crippen molar-refractivity contribution in [3.8, 4) is 0 Å². The Labute approximate surface area is 111 Å². The van der Waals surface area contributed by atoms with Crippen LogP contribution in [0.2, 0.25) is 0 Å². The molecule has 0 aromatic carbocycles. The number of amides is 1. The van der Waals surface area contributed by atoms with E-state index in [4.69, 9.17) is 16.3 Å². The van der Waals surface area contributed by atoms with Crippen molar-refractivity contribution in [1.29, 1.82) is 0 Å². The molecule has 0 aliphatic carbocycles. The van der Waals surface area contributed by atoms with Crippen molar-refractivity contribution in [2.24, 2.45) is 0 Å². The average Bonchev–Trinajstić information content (AvgIpc) is 2.47. The number of rotatable bonds is 2. The number of esters is 1. The summed E-state index contributed by atoms with van der Waals surface area (Å²) in [5, 5.41) is 0.0235. The van der Waals surface area contributed by atoms with E-state index in [1.807, 2.05) is 13.8 Å². The molecule has 0 aromatic heterocycles. The zero-order valence-electron chi connectivity index (χ0n) is 8.78. The van der Waals surface area contributed by atoms with Gasteiger partial charge in [-0.25, -0.2) is 4.79 Å². The molecule has 7 heteroatoms. The van der Waals surface area contributed by atoms with Crippen molar-refractivity contribution in [3.05, 3.63) is 0 Å². The second kappa shape index (κ2) is 4.07. The number of hydrogen-bond acceptors (Lipinski definition) is 4. The maximum absolute atomic E-state index is 11.8. The van der Waals surface area contributed by atoms with Crippen LogP contribution in [0.1, 0.15) is 13.8 Å². The van der Waals surface area contributed by atoms with Crippen LogP contribution >= 0.6 is 39.3 Å². The maximum atomic E-state index is 11.8. The van der Waals surface area contributed by atoms with Gasteiger partial charge in [-0.2, -0.15) is 0 Å². The third-order valence-corrected chi connectivity index (χ3v) is 5.72. The molecular weight excluding hydrogens is 318 g/mol. The molecule has 0 radical (unpaired) electrons. The summed E-state index contributed by atoms with van der Waals surface area (Å²) in [6.07, 6.45) is 0. The van der Waals surface area contributed by atoms with Crippen molar-refractivity contribution < 1.29 is 14.3 Å². The SMILES string of the molecule is CC1(C)S[C@@H]2[C@@H](Br)C(=O)N2[C@H]1C(=O)OCCl. The Morgan fingerprint density at radius 2 is 2.31 bits per heavy atom. The van der Waals surface area contributed by atoms with Gasteiger partial charge < -0.3 is 9.64 Å². The predicted molar refractivity (Wildman–Crippen MR) is 65.6 cm³/mol. The Kier molecular flexibility index (Phi) is 3.18. The lowest BCUT2D eigenvalue weighted by Crippen LogP contribution is -2.63. The van der Waals surface area contributed by atoms with Crippen molar-refractivity contribution in [2.75, 3.05) is 6.07 Å². The first-order chi connectivity index (χ1) is 7.40. The number of fused-ring (bicyclic) bond motifs is 1. The summed E-state index contributed by atoms with van der Waals surface area (Å²) in [7, 11) is 0. The van der Waals surface area contributed by atoms with E-state index < -0.39 is 12.0 Å². The van der Waals surface area contributed by atoms with Gasteiger partial charge in [-0.05, 0) is 13.8 Å². The number of halogens is 2. The summed E-state index contributed by atoms with van der Waals surface area (Å²) in [6.45, 7) is 3.87. The number of alkyl halides is 2. The number of carbonyl (C=O) groups excluding carboxylic acids is 2. The summed E-state index contributed by atoms with van der Waals surface area (Å²) in [4.78, 5) is 24.8. The van der Waals surface area contributed by atoms with E-state index in [2.05, 4.69) is 15.9 Å². The molecule has 3 atom stereocenters. The second-order valence-electron chi connectivity index (χ2n) is 4.23. The summed E-state index contributed by atoms with van der Waals surface area (Å²) >= 11 is 10.3. The zero-order valence-corrected chi connectivity index (χ0v) is 11.9. The minimum Gasteiger partial charge on any atom is -0.448 e. The van der Waals surface area contributed by atoms with Crippen molar-refractivity contribution in [3.63, 3.8) is 0 Å². The highest BCUT2D eigenvalue weighted by Gasteiger charge is 2.63. The Morgan fingerprint density at radius 3 is 2.88 bits per heavy atom. The first-order valence-corrected chi connectivity index (χ1v) is 7.10. The molecule has 2 heterocycles. The summed E-state index contributed by atoms with van der Waals surface area (Å²) in [6, 6.07) is -0.719. The molecule has 2 rings (SSSR count). The smallest absolute Gasteiger partial charge is 0.331 e. The fourth-order valence-electron chi connectivity index (χ4n) is 2.08. The van der Waals surface area contributed by atoms with E-state index in [0.29, 0.717) is 0 Å². The molecule has 0 bridgehead atoms. The van der Waals surface area contributed by atoms with Crippen LogP contribution in [0, 0.1) is 0 Å². The Morgan fingerprint density at radius 1 is 1.69 bits per heavy atom. The van der Waals surface area contributed by atoms with Crippen LogP contribution in [-0.4, -0.2) is 43.8 Å². The van der Waals surface area contributed by atoms with Gasteiger partial charge >= 0.3 is 5.97 Å². The Bertz CT molecular complexity index is 352. The molecule has 0 aromatic rings. The van der Waals surface area contributed by atoms with Crippen LogP contribution in [-0.2, 0) is 14.3 Å². The van der Waals surface area contributed by atoms with Crippen molar-refractivity contribution in [2.45, 2.75) is 34.8 Å². The van der Waals surface area contributed by atoms with Crippen LogP contribution in [0.25, 0.3) is 0 Å². The largest absolute Gasteiger partial charge is 0.448 e. The quantitative estimate of drug-likeness (QED) is 0.438. The topological polar surface area (TPSA) is 46.6 Å². The minimum atomic E-state index is -0.539. The number of nitrogens with zero attached hydrogens (tertiary/aromatic N) is 1. The summed E-state index contributed by atoms with van der Waals surface area (Å²) in [5.74, 6) is -0.484. The van der Waals surface area contributed by atoms with Gasteiger partial charge in [0.15, 0.2) is 6.07 Å². The second-order valence-corrected chi connectivity index (χ2v) is 7.21. The fourth-order valence-corrected chi connectivity index (χ4v) is 4.54. The lowest BCUT2D eigenvalue weighted by Gasteiger charge is -2.41. The van der Waals surface area contributed by atoms with Gasteiger partial charge in [0, 0.05) is 4.75 Å². The van der Waals surface area contributed by atoms with Crippen LogP contribution in [0.4, 0.5) is 0 Å². The average molecular weight is 329 g/mol. The van der Waals surface area contributed by atoms with Gasteiger partial charge in [0.05, 0.1) is 0 Å². The van der Waals surface area contributed by atoms with E-state index in [9.17, 15) is 9.59 Å². The third kappa shape index (κ3) is 1.66. The predicted octanol–water partition coefficient (Wildman–Crippen LogP) is 1.55. The van der Waals surface area contributed by atoms with Gasteiger partial charge in [-0.3, -0.25) is 4.79 Å². The molecule has 0 unspecified atom stereocenters. The zero-order chi connectivity index (χ0) is 12.1. The summed E-state index contributed by atoms with van der Waals surface area (Å²) in [5.41, 5.74) is 0. The van der Waals surface area contributed by atoms with E-state index in [0.717, 1.165) is 0 Å². The van der Waals surface area contributed by atoms with Crippen LogP contribution in [0.5, 0.6) is 0 Å². The molecule has 0 spiro atoms. The molecular formula is C9H11BrClNO3S. The molecule has 0 N–H and O–H groups in total. The van der Waals surface area contributed by atoms with Crippen LogP contribution in [0.15, 0.2) is 0 Å². The number of carbonyl (C=O) groups is 2. The van der Waals surface area contributed by atoms with Crippen LogP contribution < -0.4 is 0 Å². The monoisotopic (exact) mass is 327 g/mol. The van der Waals surface area contributed by atoms with E-state index in [1.165, 1.54) is 0 Å². The molecule has 4 nitrogen and oxygen atoms in total. The molecule has 16 heavy (non-hydrogen) atoms. The standard InChI is InChI=1S/C9H11BrClNO3S/c1-9(2)5(8(14)15-3-11)12-6(13)4(10)7(12)16-9/h4-5,7H,3H2,1-2H3/t4-,5-,7+/m0/s1. The molecule has 0 saturated carbocycles. The number of β-lactam (4-membered cyclic amide) rings is 1. The highest BCUT2D eigenvalue weighted by Crippen LogP contribution is 2.52. The van der Waals surface area contributed by atoms with Crippen molar-refractivity contribution >= 4 is 51.2 Å². The molecule has 2 fully saturated rings. The van der Waals surface area contributed by atoms with E-state index in [1.54, 1.807) is 16.7 Å². The minimum absolute atomic E-state index is 0.0235. The van der Waals surface area contributed by atoms with Gasteiger partial charge in [0.25, 0.3) is 0 Å². The third-order valence-electron chi connectivity index (χ3n) is 2.80. The first kappa shape index (κ1) is 12.5. The maximum Gasteiger partial charge on any atom is 0.331 e. The molecule has 2 aliphatic heterocycles. The molecule has 2 aliphatic rings. The Hall–Kier alpha value is 0.0600. The molecule has 1 amide bonds. The highest BCUT2D eigenvalue weighted by atomic mass is 79.9. The number of thioether (sulfide) groups is 1. The lowest BCUT2D eigenvalue weighted by molar-refractivity contribution is -0.159. The highest BCUT2D eigenvalue weighted by molar-refractivity contribution is 9.10. The summed E-state index contributed by atoms with van der Waals surface area (Å²) < 4.78 is 4.46. The normalized spacial score (nSPS) is 35.6. The molecule has 2 saturated heterocycles. The van der Waals surface area contributed by atoms with Gasteiger partial charge in [-0.1, -0.05) is 27.5 Å². The molecule has 90 valence electrons. The fraction of sp³-hybridized carbons (Fsp3) is 0.778. The first-order valence-electron chi connectivity index (χ1n) is 4.77. The number of ether oxygens (including phenoxy) is 1. The van der Waals surface area contributed by atoms with E-state index >= 15 is 0 Å². The van der Waals surface area contributed by atoms with Gasteiger partial charge in [0.1, 0.15) is 16.2 Å². The van der Waals surface area contributed by atoms with Crippen molar-refractivity contribution in [1.82, 2.24) is 4.90 Å².